The largest absolute Gasteiger partial charge is 0.416 e. The van der Waals surface area contributed by atoms with Crippen molar-refractivity contribution in [1.29, 1.82) is 0 Å². The van der Waals surface area contributed by atoms with Crippen molar-refractivity contribution in [3.63, 3.8) is 0 Å². The lowest BCUT2D eigenvalue weighted by Crippen LogP contribution is -2.25. The summed E-state index contributed by atoms with van der Waals surface area (Å²) in [6.45, 7) is -0.450. The zero-order valence-electron chi connectivity index (χ0n) is 15.5. The van der Waals surface area contributed by atoms with E-state index in [-0.39, 0.29) is 27.4 Å². The van der Waals surface area contributed by atoms with Crippen LogP contribution in [0.1, 0.15) is 32.0 Å². The summed E-state index contributed by atoms with van der Waals surface area (Å²) in [6, 6.07) is 7.06. The summed E-state index contributed by atoms with van der Waals surface area (Å²) >= 11 is 0. The number of halogens is 3. The highest BCUT2D eigenvalue weighted by Gasteiger charge is 2.33. The summed E-state index contributed by atoms with van der Waals surface area (Å²) in [7, 11) is -4.08. The van der Waals surface area contributed by atoms with Crippen molar-refractivity contribution in [2.24, 2.45) is 0 Å². The molecule has 2 amide bonds. The van der Waals surface area contributed by atoms with Gasteiger partial charge in [-0.1, -0.05) is 0 Å². The number of anilines is 1. The Morgan fingerprint density at radius 3 is 2.71 bits per heavy atom. The van der Waals surface area contributed by atoms with Gasteiger partial charge in [-0.25, -0.2) is 12.4 Å². The van der Waals surface area contributed by atoms with Gasteiger partial charge in [0, 0.05) is 36.3 Å². The lowest BCUT2D eigenvalue weighted by atomic mass is 10.1. The Morgan fingerprint density at radius 2 is 1.97 bits per heavy atom. The zero-order chi connectivity index (χ0) is 22.4. The molecule has 2 aromatic heterocycles. The number of benzene rings is 1. The Morgan fingerprint density at radius 1 is 1.19 bits per heavy atom. The molecule has 0 aliphatic carbocycles. The van der Waals surface area contributed by atoms with Crippen LogP contribution in [0.2, 0.25) is 0 Å². The number of nitrogens with zero attached hydrogens (tertiary/aromatic N) is 2. The molecule has 4 rings (SSSR count). The van der Waals surface area contributed by atoms with Crippen LogP contribution in [0.5, 0.6) is 0 Å². The van der Waals surface area contributed by atoms with Gasteiger partial charge < -0.3 is 10.6 Å². The van der Waals surface area contributed by atoms with E-state index >= 15 is 0 Å². The summed E-state index contributed by atoms with van der Waals surface area (Å²) < 4.78 is 65.7. The zero-order valence-corrected chi connectivity index (χ0v) is 16.3. The summed E-state index contributed by atoms with van der Waals surface area (Å²) in [4.78, 5) is 28.2. The van der Waals surface area contributed by atoms with Gasteiger partial charge in [-0.2, -0.15) is 13.2 Å². The molecule has 0 fully saturated rings. The van der Waals surface area contributed by atoms with Gasteiger partial charge >= 0.3 is 6.18 Å². The van der Waals surface area contributed by atoms with Crippen LogP contribution in [-0.4, -0.2) is 29.2 Å². The minimum atomic E-state index is -4.61. The standard InChI is InChI=1S/C19H13F3N4O4S/c20-19(21,22)13-5-6-23-9-12(13)10-24-17(27)11-3-4-16-14(8-11)25-18(28)15-2-1-7-26(15)31(16,29)30/h1-9H,10H2,(H,24,27)(H,25,28). The van der Waals surface area contributed by atoms with E-state index in [1.807, 2.05) is 0 Å². The molecular formula is C19H13F3N4O4S. The Kier molecular flexibility index (Phi) is 4.81. The molecule has 0 atom stereocenters. The molecule has 3 aromatic rings. The third-order valence-corrected chi connectivity index (χ3v) is 6.37. The van der Waals surface area contributed by atoms with Crippen molar-refractivity contribution >= 4 is 27.5 Å². The third kappa shape index (κ3) is 3.65. The van der Waals surface area contributed by atoms with Crippen molar-refractivity contribution < 1.29 is 31.2 Å². The monoisotopic (exact) mass is 450 g/mol. The minimum absolute atomic E-state index is 0.0433. The van der Waals surface area contributed by atoms with Crippen LogP contribution in [0.3, 0.4) is 0 Å². The fourth-order valence-electron chi connectivity index (χ4n) is 3.16. The van der Waals surface area contributed by atoms with Crippen molar-refractivity contribution in [3.8, 4) is 0 Å². The van der Waals surface area contributed by atoms with E-state index in [1.54, 1.807) is 0 Å². The van der Waals surface area contributed by atoms with Gasteiger partial charge in [0.25, 0.3) is 21.8 Å². The molecule has 0 bridgehead atoms. The Hall–Kier alpha value is -3.67. The number of pyridine rings is 1. The molecule has 1 aliphatic rings. The number of hydrogen-bond acceptors (Lipinski definition) is 5. The number of carbonyl (C=O) groups excluding carboxylic acids is 2. The molecule has 160 valence electrons. The Labute approximate surface area is 173 Å². The van der Waals surface area contributed by atoms with Gasteiger partial charge in [0.2, 0.25) is 0 Å². The molecule has 0 unspecified atom stereocenters. The minimum Gasteiger partial charge on any atom is -0.348 e. The first-order chi connectivity index (χ1) is 14.6. The number of nitrogens with one attached hydrogen (secondary N) is 2. The topological polar surface area (TPSA) is 110 Å². The number of aromatic nitrogens is 2. The molecular weight excluding hydrogens is 437 g/mol. The summed E-state index contributed by atoms with van der Waals surface area (Å²) in [5.74, 6) is -1.44. The third-order valence-electron chi connectivity index (χ3n) is 4.62. The summed E-state index contributed by atoms with van der Waals surface area (Å²) in [6.07, 6.45) is -1.38. The molecule has 1 aliphatic heterocycles. The van der Waals surface area contributed by atoms with Crippen LogP contribution >= 0.6 is 0 Å². The van der Waals surface area contributed by atoms with Crippen LogP contribution in [0, 0.1) is 0 Å². The van der Waals surface area contributed by atoms with Crippen LogP contribution in [0.15, 0.2) is 59.9 Å². The van der Waals surface area contributed by atoms with Crippen molar-refractivity contribution in [2.45, 2.75) is 17.6 Å². The van der Waals surface area contributed by atoms with Gasteiger partial charge in [-0.3, -0.25) is 14.6 Å². The van der Waals surface area contributed by atoms with E-state index in [2.05, 4.69) is 15.6 Å². The van der Waals surface area contributed by atoms with Gasteiger partial charge in [0.1, 0.15) is 10.6 Å². The molecule has 3 heterocycles. The second-order valence-electron chi connectivity index (χ2n) is 6.57. The number of rotatable bonds is 3. The lowest BCUT2D eigenvalue weighted by Gasteiger charge is -2.13. The summed E-state index contributed by atoms with van der Waals surface area (Å²) in [5.41, 5.74) is -1.41. The Bertz CT molecular complexity index is 1320. The van der Waals surface area contributed by atoms with Crippen molar-refractivity contribution in [2.75, 3.05) is 5.32 Å². The van der Waals surface area contributed by atoms with Gasteiger partial charge in [-0.15, -0.1) is 0 Å². The SMILES string of the molecule is O=C(NCc1cnccc1C(F)(F)F)c1ccc2c(c1)NC(=O)c1cccn1S2(=O)=O. The predicted molar refractivity (Wildman–Crippen MR) is 102 cm³/mol. The first-order valence-electron chi connectivity index (χ1n) is 8.75. The maximum absolute atomic E-state index is 13.1. The average molecular weight is 450 g/mol. The van der Waals surface area contributed by atoms with Crippen molar-refractivity contribution in [1.82, 2.24) is 14.3 Å². The maximum atomic E-state index is 13.1. The smallest absolute Gasteiger partial charge is 0.348 e. The molecule has 12 heteroatoms. The quantitative estimate of drug-likeness (QED) is 0.638. The van der Waals surface area contributed by atoms with Gasteiger partial charge in [0.15, 0.2) is 0 Å². The highest BCUT2D eigenvalue weighted by atomic mass is 32.2. The molecule has 8 nitrogen and oxygen atoms in total. The molecule has 0 saturated carbocycles. The number of alkyl halides is 3. The molecule has 0 saturated heterocycles. The summed E-state index contributed by atoms with van der Waals surface area (Å²) in [5, 5.41) is 4.79. The fraction of sp³-hybridized carbons (Fsp3) is 0.105. The second kappa shape index (κ2) is 7.23. The van der Waals surface area contributed by atoms with E-state index in [9.17, 15) is 31.2 Å². The van der Waals surface area contributed by atoms with E-state index in [1.165, 1.54) is 24.4 Å². The van der Waals surface area contributed by atoms with E-state index in [0.717, 1.165) is 34.6 Å². The lowest BCUT2D eigenvalue weighted by molar-refractivity contribution is -0.138. The van der Waals surface area contributed by atoms with Gasteiger partial charge in [0.05, 0.1) is 11.3 Å². The number of fused-ring (bicyclic) bond motifs is 2. The highest BCUT2D eigenvalue weighted by Crippen LogP contribution is 2.32. The first-order valence-corrected chi connectivity index (χ1v) is 10.2. The van der Waals surface area contributed by atoms with Crippen LogP contribution in [0.25, 0.3) is 0 Å². The van der Waals surface area contributed by atoms with Crippen LogP contribution in [-0.2, 0) is 22.7 Å². The molecule has 0 radical (unpaired) electrons. The highest BCUT2D eigenvalue weighted by molar-refractivity contribution is 7.90. The maximum Gasteiger partial charge on any atom is 0.416 e. The molecule has 0 spiro atoms. The fourth-order valence-corrected chi connectivity index (χ4v) is 4.63. The van der Waals surface area contributed by atoms with Crippen molar-refractivity contribution in [3.05, 3.63) is 77.4 Å². The van der Waals surface area contributed by atoms with E-state index in [0.29, 0.717) is 0 Å². The number of hydrogen-bond donors (Lipinski definition) is 2. The predicted octanol–water partition coefficient (Wildman–Crippen LogP) is 2.63. The Balaban J connectivity index is 1.61. The normalized spacial score (nSPS) is 14.7. The van der Waals surface area contributed by atoms with E-state index in [4.69, 9.17) is 0 Å². The number of carbonyl (C=O) groups is 2. The van der Waals surface area contributed by atoms with Crippen LogP contribution < -0.4 is 10.6 Å². The molecule has 2 N–H and O–H groups in total. The van der Waals surface area contributed by atoms with Crippen LogP contribution in [0.4, 0.5) is 18.9 Å². The molecule has 1 aromatic carbocycles. The van der Waals surface area contributed by atoms with E-state index < -0.39 is 40.1 Å². The average Bonchev–Trinajstić information content (AvgIpc) is 3.20. The van der Waals surface area contributed by atoms with Gasteiger partial charge in [-0.05, 0) is 36.4 Å². The second-order valence-corrected chi connectivity index (χ2v) is 8.36. The molecule has 31 heavy (non-hydrogen) atoms. The first kappa shape index (κ1) is 20.6. The number of amides is 2.